The molecule has 0 radical (unpaired) electrons. The Morgan fingerprint density at radius 3 is 2.53 bits per heavy atom. The van der Waals surface area contributed by atoms with Crippen LogP contribution in [0.2, 0.25) is 0 Å². The maximum atomic E-state index is 12.7. The highest BCUT2D eigenvalue weighted by atomic mass is 35.5. The fourth-order valence-corrected chi connectivity index (χ4v) is 2.95. The van der Waals surface area contributed by atoms with Gasteiger partial charge in [-0.1, -0.05) is 54.1 Å². The van der Waals surface area contributed by atoms with Gasteiger partial charge in [-0.15, -0.1) is 0 Å². The molecule has 8 nitrogen and oxygen atoms in total. The minimum absolute atomic E-state index is 0.277. The number of aryl methyl sites for hydroxylation is 1. The van der Waals surface area contributed by atoms with Crippen LogP contribution >= 0.6 is 11.6 Å². The monoisotopic (exact) mass is 426 g/mol. The Hall–Kier alpha value is -3.39. The summed E-state index contributed by atoms with van der Waals surface area (Å²) in [5, 5.41) is 4.92. The van der Waals surface area contributed by atoms with Crippen LogP contribution in [0.3, 0.4) is 0 Å². The van der Waals surface area contributed by atoms with Crippen LogP contribution in [0.4, 0.5) is 5.95 Å². The van der Waals surface area contributed by atoms with Gasteiger partial charge in [0.25, 0.3) is 5.56 Å². The third-order valence-electron chi connectivity index (χ3n) is 4.55. The summed E-state index contributed by atoms with van der Waals surface area (Å²) in [5.74, 6) is 0.338. The van der Waals surface area contributed by atoms with E-state index in [0.29, 0.717) is 28.8 Å². The number of rotatable bonds is 6. The van der Waals surface area contributed by atoms with E-state index in [4.69, 9.17) is 11.6 Å². The molecule has 2 aromatic heterocycles. The van der Waals surface area contributed by atoms with Crippen molar-refractivity contribution in [2.24, 2.45) is 19.2 Å². The third-order valence-corrected chi connectivity index (χ3v) is 4.71. The number of hydrogen-bond acceptors (Lipinski definition) is 5. The zero-order valence-electron chi connectivity index (χ0n) is 17.3. The Kier molecular flexibility index (Phi) is 6.37. The standard InChI is InChI=1S/C21H23ClN6O2/c1-14(22)12-13-28-17-18(26(3)21(30)27(4)19(17)29)23-20(28)25-24-15(2)10-11-16-8-6-5-7-9-16/h5-12H,13H2,1-4H3,(H,23,25)/b11-10+,14-12+,24-15+. The van der Waals surface area contributed by atoms with Crippen molar-refractivity contribution in [2.45, 2.75) is 20.4 Å². The minimum Gasteiger partial charge on any atom is -0.299 e. The van der Waals surface area contributed by atoms with Crippen LogP contribution < -0.4 is 16.7 Å². The molecule has 30 heavy (non-hydrogen) atoms. The number of fused-ring (bicyclic) bond motifs is 1. The number of benzene rings is 1. The topological polar surface area (TPSA) is 86.2 Å². The average molecular weight is 427 g/mol. The predicted octanol–water partition coefficient (Wildman–Crippen LogP) is 3.08. The van der Waals surface area contributed by atoms with Gasteiger partial charge in [-0.05, 0) is 25.5 Å². The maximum absolute atomic E-state index is 12.7. The Labute approximate surface area is 178 Å². The highest BCUT2D eigenvalue weighted by molar-refractivity contribution is 6.29. The molecule has 156 valence electrons. The minimum atomic E-state index is -0.446. The number of nitrogens with zero attached hydrogens (tertiary/aromatic N) is 5. The molecule has 0 atom stereocenters. The third kappa shape index (κ3) is 4.44. The molecule has 0 bridgehead atoms. The molecule has 0 fully saturated rings. The molecule has 3 aromatic rings. The van der Waals surface area contributed by atoms with E-state index in [2.05, 4.69) is 15.5 Å². The van der Waals surface area contributed by atoms with E-state index >= 15 is 0 Å². The van der Waals surface area contributed by atoms with E-state index in [1.807, 2.05) is 49.4 Å². The summed E-state index contributed by atoms with van der Waals surface area (Å²) in [6.45, 7) is 3.89. The highest BCUT2D eigenvalue weighted by Gasteiger charge is 2.18. The van der Waals surface area contributed by atoms with Gasteiger partial charge in [-0.25, -0.2) is 10.2 Å². The normalized spacial score (nSPS) is 12.8. The summed E-state index contributed by atoms with van der Waals surface area (Å²) in [6, 6.07) is 9.87. The van der Waals surface area contributed by atoms with Gasteiger partial charge in [0, 0.05) is 25.7 Å². The second-order valence-corrected chi connectivity index (χ2v) is 7.42. The number of hydrogen-bond donors (Lipinski definition) is 1. The lowest BCUT2D eigenvalue weighted by atomic mass is 10.2. The van der Waals surface area contributed by atoms with E-state index in [0.717, 1.165) is 10.1 Å². The maximum Gasteiger partial charge on any atom is 0.332 e. The van der Waals surface area contributed by atoms with Gasteiger partial charge in [0.2, 0.25) is 5.95 Å². The first-order valence-corrected chi connectivity index (χ1v) is 9.69. The molecule has 0 spiro atoms. The molecule has 0 saturated carbocycles. The Balaban J connectivity index is 2.03. The van der Waals surface area contributed by atoms with E-state index in [-0.39, 0.29) is 5.65 Å². The molecule has 2 heterocycles. The van der Waals surface area contributed by atoms with Gasteiger partial charge >= 0.3 is 5.69 Å². The molecule has 3 rings (SSSR count). The molecule has 0 aliphatic heterocycles. The molecule has 0 saturated heterocycles. The number of nitrogens with one attached hydrogen (secondary N) is 1. The summed E-state index contributed by atoms with van der Waals surface area (Å²) >= 11 is 5.98. The van der Waals surface area contributed by atoms with Crippen molar-refractivity contribution in [3.63, 3.8) is 0 Å². The van der Waals surface area contributed by atoms with Gasteiger partial charge in [0.05, 0.1) is 5.71 Å². The Bertz CT molecular complexity index is 1270. The Morgan fingerprint density at radius 2 is 1.87 bits per heavy atom. The molecule has 0 aliphatic carbocycles. The van der Waals surface area contributed by atoms with Gasteiger partial charge in [0.15, 0.2) is 11.2 Å². The first kappa shape index (κ1) is 21.3. The average Bonchev–Trinajstić information content (AvgIpc) is 3.11. The van der Waals surface area contributed by atoms with Crippen LogP contribution in [0.1, 0.15) is 19.4 Å². The van der Waals surface area contributed by atoms with Crippen LogP contribution in [-0.2, 0) is 20.6 Å². The lowest BCUT2D eigenvalue weighted by Crippen LogP contribution is -2.37. The highest BCUT2D eigenvalue weighted by Crippen LogP contribution is 2.16. The lowest BCUT2D eigenvalue weighted by molar-refractivity contribution is 0.703. The second-order valence-electron chi connectivity index (χ2n) is 6.82. The van der Waals surface area contributed by atoms with Gasteiger partial charge in [-0.3, -0.25) is 18.5 Å². The molecule has 1 aromatic carbocycles. The fraction of sp³-hybridized carbons (Fsp3) is 0.238. The summed E-state index contributed by atoms with van der Waals surface area (Å²) in [6.07, 6.45) is 5.57. The van der Waals surface area contributed by atoms with Crippen molar-refractivity contribution in [2.75, 3.05) is 5.43 Å². The van der Waals surface area contributed by atoms with Gasteiger partial charge in [0.1, 0.15) is 0 Å². The van der Waals surface area contributed by atoms with Crippen LogP contribution in [0.25, 0.3) is 17.2 Å². The molecule has 1 N–H and O–H groups in total. The zero-order chi connectivity index (χ0) is 21.8. The predicted molar refractivity (Wildman–Crippen MR) is 122 cm³/mol. The van der Waals surface area contributed by atoms with Crippen molar-refractivity contribution < 1.29 is 0 Å². The van der Waals surface area contributed by atoms with Crippen molar-refractivity contribution >= 4 is 40.5 Å². The number of allylic oxidation sites excluding steroid dienone is 3. The van der Waals surface area contributed by atoms with Crippen molar-refractivity contribution in [3.05, 3.63) is 73.9 Å². The van der Waals surface area contributed by atoms with Gasteiger partial charge in [-0.2, -0.15) is 10.1 Å². The summed E-state index contributed by atoms with van der Waals surface area (Å²) in [4.78, 5) is 29.4. The summed E-state index contributed by atoms with van der Waals surface area (Å²) in [5.41, 5.74) is 4.37. The first-order chi connectivity index (χ1) is 14.3. The molecule has 0 aliphatic rings. The summed E-state index contributed by atoms with van der Waals surface area (Å²) < 4.78 is 4.04. The van der Waals surface area contributed by atoms with Crippen LogP contribution in [0.15, 0.2) is 62.2 Å². The molecule has 0 unspecified atom stereocenters. The van der Waals surface area contributed by atoms with Crippen molar-refractivity contribution in [1.29, 1.82) is 0 Å². The number of halogens is 1. The first-order valence-electron chi connectivity index (χ1n) is 9.31. The number of imidazole rings is 1. The zero-order valence-corrected chi connectivity index (χ0v) is 18.0. The lowest BCUT2D eigenvalue weighted by Gasteiger charge is -2.07. The van der Waals surface area contributed by atoms with E-state index in [9.17, 15) is 9.59 Å². The van der Waals surface area contributed by atoms with E-state index in [1.54, 1.807) is 24.6 Å². The van der Waals surface area contributed by atoms with Crippen LogP contribution in [0, 0.1) is 0 Å². The number of hydrazone groups is 1. The van der Waals surface area contributed by atoms with Gasteiger partial charge < -0.3 is 0 Å². The number of anilines is 1. The molecular formula is C21H23ClN6O2. The smallest absolute Gasteiger partial charge is 0.299 e. The molecule has 9 heteroatoms. The van der Waals surface area contributed by atoms with Crippen LogP contribution in [0.5, 0.6) is 0 Å². The SMILES string of the molecule is C/C(Cl)=C\Cn1c(N/N=C(C)/C=C/c2ccccc2)nc2c1c(=O)n(C)c(=O)n2C. The largest absolute Gasteiger partial charge is 0.332 e. The molecular weight excluding hydrogens is 404 g/mol. The fourth-order valence-electron chi connectivity index (χ4n) is 2.88. The van der Waals surface area contributed by atoms with Crippen LogP contribution in [-0.4, -0.2) is 24.4 Å². The van der Waals surface area contributed by atoms with Crippen molar-refractivity contribution in [3.8, 4) is 0 Å². The number of aromatic nitrogens is 4. The Morgan fingerprint density at radius 1 is 1.17 bits per heavy atom. The second kappa shape index (κ2) is 8.96. The van der Waals surface area contributed by atoms with Crippen molar-refractivity contribution in [1.82, 2.24) is 18.7 Å². The van der Waals surface area contributed by atoms with E-state index in [1.165, 1.54) is 11.6 Å². The molecule has 0 amide bonds. The quantitative estimate of drug-likeness (QED) is 0.484. The summed E-state index contributed by atoms with van der Waals surface area (Å²) in [7, 11) is 3.01. The van der Waals surface area contributed by atoms with E-state index < -0.39 is 11.2 Å².